The molecule has 0 bridgehead atoms. The van der Waals surface area contributed by atoms with Crippen LogP contribution in [-0.2, 0) is 11.3 Å². The third-order valence-corrected chi connectivity index (χ3v) is 6.17. The minimum absolute atomic E-state index is 0.0274. The van der Waals surface area contributed by atoms with Gasteiger partial charge in [-0.25, -0.2) is 0 Å². The number of ether oxygens (including phenoxy) is 1. The summed E-state index contributed by atoms with van der Waals surface area (Å²) in [5.74, 6) is 0. The summed E-state index contributed by atoms with van der Waals surface area (Å²) in [5.41, 5.74) is 0.0274. The zero-order valence-electron chi connectivity index (χ0n) is 11.8. The highest BCUT2D eigenvalue weighted by Gasteiger charge is 2.55. The molecule has 2 heterocycles. The van der Waals surface area contributed by atoms with Gasteiger partial charge < -0.3 is 9.84 Å². The molecule has 0 radical (unpaired) electrons. The van der Waals surface area contributed by atoms with Crippen molar-refractivity contribution < 1.29 is 9.84 Å². The molecule has 1 saturated carbocycles. The molecule has 1 aromatic rings. The summed E-state index contributed by atoms with van der Waals surface area (Å²) in [6.07, 6.45) is 2.99. The second-order valence-electron chi connectivity index (χ2n) is 5.94. The van der Waals surface area contributed by atoms with Gasteiger partial charge in [-0.05, 0) is 38.9 Å². The third-order valence-electron chi connectivity index (χ3n) is 4.90. The summed E-state index contributed by atoms with van der Waals surface area (Å²) in [6, 6.07) is 2.05. The van der Waals surface area contributed by atoms with E-state index in [0.717, 1.165) is 50.5 Å². The van der Waals surface area contributed by atoms with Crippen molar-refractivity contribution in [3.63, 3.8) is 0 Å². The van der Waals surface area contributed by atoms with Gasteiger partial charge in [0.2, 0.25) is 0 Å². The topological polar surface area (TPSA) is 32.7 Å². The highest BCUT2D eigenvalue weighted by Crippen LogP contribution is 2.51. The van der Waals surface area contributed by atoms with E-state index in [1.54, 1.807) is 11.3 Å². The quantitative estimate of drug-likeness (QED) is 0.926. The van der Waals surface area contributed by atoms with Crippen molar-refractivity contribution in [3.05, 3.63) is 21.3 Å². The lowest BCUT2D eigenvalue weighted by Gasteiger charge is -2.56. The van der Waals surface area contributed by atoms with Crippen molar-refractivity contribution in [2.24, 2.45) is 5.41 Å². The zero-order valence-corrected chi connectivity index (χ0v) is 13.4. The van der Waals surface area contributed by atoms with Gasteiger partial charge in [0, 0.05) is 35.2 Å². The molecule has 5 heteroatoms. The Bertz CT molecular complexity index is 454. The number of likely N-dealkylation sites (tertiary alicyclic amines) is 1. The van der Waals surface area contributed by atoms with E-state index >= 15 is 0 Å². The van der Waals surface area contributed by atoms with Crippen LogP contribution in [0.25, 0.3) is 0 Å². The van der Waals surface area contributed by atoms with Gasteiger partial charge in [0.25, 0.3) is 0 Å². The Hall–Kier alpha value is -0.130. The van der Waals surface area contributed by atoms with E-state index in [1.807, 2.05) is 12.3 Å². The van der Waals surface area contributed by atoms with Crippen molar-refractivity contribution in [1.82, 2.24) is 4.90 Å². The lowest BCUT2D eigenvalue weighted by molar-refractivity contribution is -0.209. The summed E-state index contributed by atoms with van der Waals surface area (Å²) in [4.78, 5) is 3.78. The maximum atomic E-state index is 10.2. The predicted octanol–water partition coefficient (Wildman–Crippen LogP) is 3.15. The first-order valence-corrected chi connectivity index (χ1v) is 8.65. The first kappa shape index (κ1) is 14.8. The van der Waals surface area contributed by atoms with Crippen LogP contribution in [-0.4, -0.2) is 41.9 Å². The minimum Gasteiger partial charge on any atom is -0.392 e. The maximum absolute atomic E-state index is 10.2. The van der Waals surface area contributed by atoms with Crippen LogP contribution in [0, 0.1) is 5.41 Å². The second kappa shape index (κ2) is 5.93. The number of aliphatic hydroxyl groups excluding tert-OH is 1. The predicted molar refractivity (Wildman–Crippen MR) is 82.3 cm³/mol. The van der Waals surface area contributed by atoms with Crippen LogP contribution in [0.5, 0.6) is 0 Å². The van der Waals surface area contributed by atoms with Gasteiger partial charge in [-0.1, -0.05) is 11.6 Å². The highest BCUT2D eigenvalue weighted by atomic mass is 35.5. The molecule has 3 nitrogen and oxygen atoms in total. The molecule has 1 saturated heterocycles. The van der Waals surface area contributed by atoms with Gasteiger partial charge in [0.05, 0.1) is 17.2 Å². The van der Waals surface area contributed by atoms with Crippen LogP contribution in [0.2, 0.25) is 5.02 Å². The number of piperidine rings is 1. The van der Waals surface area contributed by atoms with Gasteiger partial charge in [-0.15, -0.1) is 11.3 Å². The molecule has 0 unspecified atom stereocenters. The molecule has 20 heavy (non-hydrogen) atoms. The average Bonchev–Trinajstić information content (AvgIpc) is 2.85. The summed E-state index contributed by atoms with van der Waals surface area (Å²) in [6.45, 7) is 5.83. The minimum atomic E-state index is -0.169. The van der Waals surface area contributed by atoms with E-state index < -0.39 is 0 Å². The first-order valence-electron chi connectivity index (χ1n) is 7.39. The summed E-state index contributed by atoms with van der Waals surface area (Å²) >= 11 is 7.69. The summed E-state index contributed by atoms with van der Waals surface area (Å²) in [7, 11) is 0. The number of hydrogen-bond acceptors (Lipinski definition) is 4. The Kier molecular flexibility index (Phi) is 4.39. The molecule has 1 aliphatic carbocycles. The molecule has 0 aromatic carbocycles. The van der Waals surface area contributed by atoms with Gasteiger partial charge in [0.1, 0.15) is 0 Å². The van der Waals surface area contributed by atoms with E-state index in [9.17, 15) is 5.11 Å². The van der Waals surface area contributed by atoms with Crippen LogP contribution < -0.4 is 0 Å². The standard InChI is InChI=1S/C15H22ClNO2S/c1-2-19-14-8-13(18)15(14)3-5-17(6-4-15)9-12-7-11(16)10-20-12/h7,10,13-14,18H,2-6,8-9H2,1H3/t13-,14+/m0/s1. The maximum Gasteiger partial charge on any atom is 0.0681 e. The Morgan fingerprint density at radius 2 is 2.25 bits per heavy atom. The second-order valence-corrected chi connectivity index (χ2v) is 7.37. The number of aliphatic hydroxyl groups is 1. The molecular formula is C15H22ClNO2S. The van der Waals surface area contributed by atoms with E-state index in [2.05, 4.69) is 11.0 Å². The summed E-state index contributed by atoms with van der Waals surface area (Å²) in [5, 5.41) is 13.0. The normalized spacial score (nSPS) is 29.6. The van der Waals surface area contributed by atoms with Crippen LogP contribution >= 0.6 is 22.9 Å². The zero-order chi connectivity index (χ0) is 14.2. The summed E-state index contributed by atoms with van der Waals surface area (Å²) < 4.78 is 5.80. The molecule has 2 fully saturated rings. The largest absolute Gasteiger partial charge is 0.392 e. The molecule has 2 aliphatic rings. The van der Waals surface area contributed by atoms with Crippen molar-refractivity contribution in [1.29, 1.82) is 0 Å². The molecule has 1 spiro atoms. The lowest BCUT2D eigenvalue weighted by Crippen LogP contribution is -2.62. The van der Waals surface area contributed by atoms with Crippen molar-refractivity contribution in [2.75, 3.05) is 19.7 Å². The van der Waals surface area contributed by atoms with E-state index in [-0.39, 0.29) is 17.6 Å². The molecule has 1 aromatic heterocycles. The first-order chi connectivity index (χ1) is 9.64. The van der Waals surface area contributed by atoms with E-state index in [4.69, 9.17) is 16.3 Å². The molecular weight excluding hydrogens is 294 g/mol. The number of rotatable bonds is 4. The van der Waals surface area contributed by atoms with Crippen molar-refractivity contribution in [2.45, 2.75) is 44.9 Å². The molecule has 1 aliphatic heterocycles. The van der Waals surface area contributed by atoms with Gasteiger partial charge in [-0.2, -0.15) is 0 Å². The SMILES string of the molecule is CCO[C@@H]1C[C@H](O)C12CCN(Cc1cc(Cl)cs1)CC2. The van der Waals surface area contributed by atoms with Gasteiger partial charge in [-0.3, -0.25) is 4.90 Å². The van der Waals surface area contributed by atoms with Crippen LogP contribution in [0.1, 0.15) is 31.1 Å². The van der Waals surface area contributed by atoms with Gasteiger partial charge >= 0.3 is 0 Å². The van der Waals surface area contributed by atoms with E-state index in [0.29, 0.717) is 0 Å². The van der Waals surface area contributed by atoms with Crippen LogP contribution in [0.3, 0.4) is 0 Å². The monoisotopic (exact) mass is 315 g/mol. The molecule has 2 atom stereocenters. The molecule has 1 N–H and O–H groups in total. The average molecular weight is 316 g/mol. The van der Waals surface area contributed by atoms with Gasteiger partial charge in [0.15, 0.2) is 0 Å². The molecule has 0 amide bonds. The Balaban J connectivity index is 1.56. The Morgan fingerprint density at radius 3 is 2.80 bits per heavy atom. The van der Waals surface area contributed by atoms with Crippen molar-refractivity contribution >= 4 is 22.9 Å². The Labute approximate surface area is 129 Å². The highest BCUT2D eigenvalue weighted by molar-refractivity contribution is 7.10. The third kappa shape index (κ3) is 2.64. The number of halogens is 1. The Morgan fingerprint density at radius 1 is 1.50 bits per heavy atom. The fraction of sp³-hybridized carbons (Fsp3) is 0.733. The fourth-order valence-corrected chi connectivity index (χ4v) is 4.72. The molecule has 112 valence electrons. The lowest BCUT2D eigenvalue weighted by atomic mass is 9.58. The van der Waals surface area contributed by atoms with Crippen LogP contribution in [0.15, 0.2) is 11.4 Å². The smallest absolute Gasteiger partial charge is 0.0681 e. The number of thiophene rings is 1. The number of hydrogen-bond donors (Lipinski definition) is 1. The number of nitrogens with zero attached hydrogens (tertiary/aromatic N) is 1. The fourth-order valence-electron chi connectivity index (χ4n) is 3.60. The van der Waals surface area contributed by atoms with Crippen molar-refractivity contribution in [3.8, 4) is 0 Å². The van der Waals surface area contributed by atoms with Crippen LogP contribution in [0.4, 0.5) is 0 Å². The molecule has 3 rings (SSSR count). The van der Waals surface area contributed by atoms with E-state index in [1.165, 1.54) is 4.88 Å².